The number of hydrogen-bond acceptors (Lipinski definition) is 1. The third-order valence-electron chi connectivity index (χ3n) is 4.74. The number of alkyl halides is 1. The lowest BCUT2D eigenvalue weighted by atomic mass is 9.84. The van der Waals surface area contributed by atoms with Crippen LogP contribution in [0.1, 0.15) is 37.5 Å². The van der Waals surface area contributed by atoms with Crippen LogP contribution in [0.3, 0.4) is 0 Å². The van der Waals surface area contributed by atoms with Crippen LogP contribution in [0.4, 0.5) is 0 Å². The highest BCUT2D eigenvalue weighted by molar-refractivity contribution is 9.09. The van der Waals surface area contributed by atoms with Crippen molar-refractivity contribution in [1.29, 1.82) is 0 Å². The van der Waals surface area contributed by atoms with Crippen LogP contribution >= 0.6 is 15.9 Å². The van der Waals surface area contributed by atoms with Crippen LogP contribution in [0.25, 0.3) is 0 Å². The van der Waals surface area contributed by atoms with Crippen molar-refractivity contribution in [3.8, 4) is 0 Å². The van der Waals surface area contributed by atoms with Gasteiger partial charge in [0, 0.05) is 10.7 Å². The molecule has 0 aromatic heterocycles. The molecular formula is C17H25BrO. The van der Waals surface area contributed by atoms with Crippen molar-refractivity contribution in [3.05, 3.63) is 34.9 Å². The Balaban J connectivity index is 2.08. The molecule has 0 N–H and O–H groups in total. The third-order valence-corrected chi connectivity index (χ3v) is 5.67. The molecule has 1 nitrogen and oxygen atoms in total. The van der Waals surface area contributed by atoms with E-state index < -0.39 is 0 Å². The summed E-state index contributed by atoms with van der Waals surface area (Å²) in [5.74, 6) is 1.21. The van der Waals surface area contributed by atoms with Gasteiger partial charge in [0.05, 0.1) is 12.2 Å². The summed E-state index contributed by atoms with van der Waals surface area (Å²) in [5.41, 5.74) is 4.17. The van der Waals surface area contributed by atoms with Gasteiger partial charge in [-0.25, -0.2) is 0 Å². The molecule has 0 aliphatic carbocycles. The molecule has 1 aromatic rings. The Kier molecular flexibility index (Phi) is 4.73. The Labute approximate surface area is 125 Å². The smallest absolute Gasteiger partial charge is 0.0593 e. The minimum Gasteiger partial charge on any atom is -0.375 e. The molecule has 1 aliphatic rings. The molecule has 2 heteroatoms. The minimum atomic E-state index is 0.348. The number of halogens is 1. The number of hydrogen-bond donors (Lipinski definition) is 0. The van der Waals surface area contributed by atoms with E-state index in [0.29, 0.717) is 28.9 Å². The second-order valence-corrected chi connectivity index (χ2v) is 7.30. The van der Waals surface area contributed by atoms with Crippen LogP contribution in [0, 0.1) is 25.7 Å². The van der Waals surface area contributed by atoms with Gasteiger partial charge in [-0.15, -0.1) is 0 Å². The van der Waals surface area contributed by atoms with Gasteiger partial charge < -0.3 is 4.74 Å². The fraction of sp³-hybridized carbons (Fsp3) is 0.647. The van der Waals surface area contributed by atoms with Gasteiger partial charge in [-0.05, 0) is 56.7 Å². The van der Waals surface area contributed by atoms with Crippen molar-refractivity contribution in [3.63, 3.8) is 0 Å². The maximum atomic E-state index is 5.96. The first-order valence-corrected chi connectivity index (χ1v) is 8.17. The Morgan fingerprint density at radius 1 is 1.11 bits per heavy atom. The summed E-state index contributed by atoms with van der Waals surface area (Å²) < 4.78 is 5.96. The van der Waals surface area contributed by atoms with E-state index in [-0.39, 0.29) is 0 Å². The lowest BCUT2D eigenvalue weighted by Crippen LogP contribution is -2.28. The topological polar surface area (TPSA) is 9.23 Å². The van der Waals surface area contributed by atoms with E-state index in [1.165, 1.54) is 16.7 Å². The molecule has 2 rings (SSSR count). The first kappa shape index (κ1) is 15.1. The molecule has 0 radical (unpaired) electrons. The maximum Gasteiger partial charge on any atom is 0.0593 e. The highest BCUT2D eigenvalue weighted by Crippen LogP contribution is 2.38. The molecule has 106 valence electrons. The molecule has 5 atom stereocenters. The predicted octanol–water partition coefficient (Wildman–Crippen LogP) is 4.67. The molecule has 1 fully saturated rings. The van der Waals surface area contributed by atoms with E-state index in [2.05, 4.69) is 68.7 Å². The average Bonchev–Trinajstić information content (AvgIpc) is 2.58. The summed E-state index contributed by atoms with van der Waals surface area (Å²) in [5, 5.41) is 0. The van der Waals surface area contributed by atoms with Gasteiger partial charge in [0.2, 0.25) is 0 Å². The van der Waals surface area contributed by atoms with Crippen LogP contribution in [0.5, 0.6) is 0 Å². The molecule has 1 aliphatic heterocycles. The fourth-order valence-corrected chi connectivity index (χ4v) is 4.49. The largest absolute Gasteiger partial charge is 0.375 e. The molecule has 1 saturated heterocycles. The third kappa shape index (κ3) is 3.22. The lowest BCUT2D eigenvalue weighted by Gasteiger charge is -2.24. The summed E-state index contributed by atoms with van der Waals surface area (Å²) in [6.07, 6.45) is 1.80. The second-order valence-electron chi connectivity index (χ2n) is 6.12. The zero-order valence-corrected chi connectivity index (χ0v) is 14.2. The quantitative estimate of drug-likeness (QED) is 0.734. The molecule has 0 bridgehead atoms. The van der Waals surface area contributed by atoms with Gasteiger partial charge in [0.1, 0.15) is 0 Å². The van der Waals surface area contributed by atoms with E-state index in [1.54, 1.807) is 0 Å². The van der Waals surface area contributed by atoms with E-state index in [1.807, 2.05) is 0 Å². The average molecular weight is 325 g/mol. The Morgan fingerprint density at radius 2 is 1.79 bits per heavy atom. The van der Waals surface area contributed by atoms with E-state index in [0.717, 1.165) is 6.42 Å². The number of benzene rings is 1. The molecule has 0 spiro atoms. The van der Waals surface area contributed by atoms with E-state index in [4.69, 9.17) is 4.74 Å². The monoisotopic (exact) mass is 324 g/mol. The first-order valence-electron chi connectivity index (χ1n) is 7.25. The van der Waals surface area contributed by atoms with Crippen LogP contribution in [0.2, 0.25) is 0 Å². The summed E-state index contributed by atoms with van der Waals surface area (Å²) in [4.78, 5) is 0.490. The van der Waals surface area contributed by atoms with Crippen LogP contribution in [-0.2, 0) is 11.2 Å². The Hall–Kier alpha value is -0.340. The summed E-state index contributed by atoms with van der Waals surface area (Å²) in [6, 6.07) is 6.80. The molecule has 0 saturated carbocycles. The minimum absolute atomic E-state index is 0.348. The second kappa shape index (κ2) is 5.97. The first-order chi connectivity index (χ1) is 8.90. The standard InChI is InChI=1S/C17H25BrO/c1-10-6-7-15(8-11(10)2)9-16(18)17-12(3)13(4)19-14(17)5/h6-8,12-14,16-17H,9H2,1-5H3. The zero-order valence-electron chi connectivity index (χ0n) is 12.6. The highest BCUT2D eigenvalue weighted by Gasteiger charge is 2.40. The van der Waals surface area contributed by atoms with Crippen molar-refractivity contribution in [1.82, 2.24) is 0 Å². The fourth-order valence-electron chi connectivity index (χ4n) is 3.21. The molecule has 1 heterocycles. The van der Waals surface area contributed by atoms with Gasteiger partial charge in [-0.2, -0.15) is 0 Å². The van der Waals surface area contributed by atoms with Crippen LogP contribution in [-0.4, -0.2) is 17.0 Å². The van der Waals surface area contributed by atoms with E-state index >= 15 is 0 Å². The van der Waals surface area contributed by atoms with Crippen molar-refractivity contribution < 1.29 is 4.74 Å². The van der Waals surface area contributed by atoms with Crippen LogP contribution < -0.4 is 0 Å². The van der Waals surface area contributed by atoms with Crippen LogP contribution in [0.15, 0.2) is 18.2 Å². The summed E-state index contributed by atoms with van der Waals surface area (Å²) in [6.45, 7) is 11.1. The highest BCUT2D eigenvalue weighted by atomic mass is 79.9. The number of rotatable bonds is 3. The lowest BCUT2D eigenvalue weighted by molar-refractivity contribution is 0.0511. The molecular weight excluding hydrogens is 300 g/mol. The Morgan fingerprint density at radius 3 is 2.32 bits per heavy atom. The summed E-state index contributed by atoms with van der Waals surface area (Å²) >= 11 is 3.91. The maximum absolute atomic E-state index is 5.96. The normalized spacial score (nSPS) is 32.5. The van der Waals surface area contributed by atoms with Gasteiger partial charge >= 0.3 is 0 Å². The van der Waals surface area contributed by atoms with E-state index in [9.17, 15) is 0 Å². The SMILES string of the molecule is Cc1ccc(CC(Br)C2C(C)OC(C)C2C)cc1C. The molecule has 1 aromatic carbocycles. The number of aryl methyl sites for hydroxylation is 2. The van der Waals surface area contributed by atoms with Crippen molar-refractivity contribution in [2.45, 2.75) is 58.1 Å². The van der Waals surface area contributed by atoms with Gasteiger partial charge in [-0.1, -0.05) is 41.1 Å². The van der Waals surface area contributed by atoms with Gasteiger partial charge in [0.25, 0.3) is 0 Å². The van der Waals surface area contributed by atoms with Gasteiger partial charge in [-0.3, -0.25) is 0 Å². The van der Waals surface area contributed by atoms with Crippen molar-refractivity contribution >= 4 is 15.9 Å². The van der Waals surface area contributed by atoms with Crippen molar-refractivity contribution in [2.75, 3.05) is 0 Å². The summed E-state index contributed by atoms with van der Waals surface area (Å²) in [7, 11) is 0. The van der Waals surface area contributed by atoms with Gasteiger partial charge in [0.15, 0.2) is 0 Å². The zero-order chi connectivity index (χ0) is 14.2. The molecule has 5 unspecified atom stereocenters. The molecule has 0 amide bonds. The molecule has 19 heavy (non-hydrogen) atoms. The number of ether oxygens (including phenoxy) is 1. The predicted molar refractivity (Wildman–Crippen MR) is 85.0 cm³/mol. The Bertz CT molecular complexity index is 443. The van der Waals surface area contributed by atoms with Crippen molar-refractivity contribution in [2.24, 2.45) is 11.8 Å².